The number of amides is 1. The second-order valence-corrected chi connectivity index (χ2v) is 8.95. The molecule has 0 spiro atoms. The summed E-state index contributed by atoms with van der Waals surface area (Å²) < 4.78 is 27.2. The molecule has 138 valence electrons. The van der Waals surface area contributed by atoms with E-state index in [9.17, 15) is 13.2 Å². The van der Waals surface area contributed by atoms with Gasteiger partial charge in [0, 0.05) is 29.4 Å². The lowest BCUT2D eigenvalue weighted by Gasteiger charge is -2.29. The molecule has 1 aliphatic heterocycles. The molecule has 1 fully saturated rings. The first-order valence-corrected chi connectivity index (χ1v) is 10.4. The number of nitrogens with zero attached hydrogens (tertiary/aromatic N) is 1. The summed E-state index contributed by atoms with van der Waals surface area (Å²) in [5.74, 6) is 0.176. The Morgan fingerprint density at radius 2 is 1.77 bits per heavy atom. The highest BCUT2D eigenvalue weighted by atomic mass is 35.5. The fourth-order valence-corrected chi connectivity index (χ4v) is 4.55. The number of hydrogen-bond donors (Lipinski definition) is 1. The molecule has 0 aromatic heterocycles. The number of nitrogens with one attached hydrogen (secondary N) is 1. The highest BCUT2D eigenvalue weighted by Crippen LogP contribution is 2.24. The quantitative estimate of drug-likeness (QED) is 0.854. The zero-order valence-electron chi connectivity index (χ0n) is 14.5. The average molecular weight is 393 g/mol. The molecule has 7 heteroatoms. The Morgan fingerprint density at radius 3 is 2.42 bits per heavy atom. The molecule has 0 aliphatic carbocycles. The molecule has 0 unspecified atom stereocenters. The fourth-order valence-electron chi connectivity index (χ4n) is 2.91. The van der Waals surface area contributed by atoms with Gasteiger partial charge in [0.25, 0.3) is 5.91 Å². The van der Waals surface area contributed by atoms with E-state index in [2.05, 4.69) is 12.2 Å². The van der Waals surface area contributed by atoms with Crippen LogP contribution in [0.4, 0.5) is 5.69 Å². The van der Waals surface area contributed by atoms with Crippen molar-refractivity contribution in [3.63, 3.8) is 0 Å². The Kier molecular flexibility index (Phi) is 5.65. The number of benzene rings is 2. The Bertz CT molecular complexity index is 889. The first-order chi connectivity index (χ1) is 12.4. The molecular weight excluding hydrogens is 372 g/mol. The number of carbonyl (C=O) groups excluding carboxylic acids is 1. The van der Waals surface area contributed by atoms with Crippen LogP contribution in [-0.2, 0) is 10.0 Å². The van der Waals surface area contributed by atoms with Gasteiger partial charge in [0.15, 0.2) is 0 Å². The third kappa shape index (κ3) is 4.26. The van der Waals surface area contributed by atoms with Crippen molar-refractivity contribution in [2.75, 3.05) is 18.4 Å². The van der Waals surface area contributed by atoms with E-state index < -0.39 is 10.0 Å². The SMILES string of the molecule is CC1CCN(S(=O)(=O)c2cccc(C(=O)Nc3ccc(Cl)cc3)c2)CC1. The van der Waals surface area contributed by atoms with Crippen molar-refractivity contribution in [1.82, 2.24) is 4.31 Å². The van der Waals surface area contributed by atoms with E-state index in [4.69, 9.17) is 11.6 Å². The number of sulfonamides is 1. The van der Waals surface area contributed by atoms with Crippen molar-refractivity contribution < 1.29 is 13.2 Å². The predicted octanol–water partition coefficient (Wildman–Crippen LogP) is 4.01. The molecule has 1 saturated heterocycles. The molecule has 0 bridgehead atoms. The van der Waals surface area contributed by atoms with Crippen LogP contribution in [0, 0.1) is 5.92 Å². The normalized spacial score (nSPS) is 16.4. The average Bonchev–Trinajstić information content (AvgIpc) is 2.64. The zero-order chi connectivity index (χ0) is 18.7. The topological polar surface area (TPSA) is 66.5 Å². The molecule has 1 aliphatic rings. The van der Waals surface area contributed by atoms with Crippen LogP contribution in [0.2, 0.25) is 5.02 Å². The fraction of sp³-hybridized carbons (Fsp3) is 0.316. The third-order valence-corrected chi connectivity index (χ3v) is 6.73. The molecule has 2 aromatic carbocycles. The number of anilines is 1. The van der Waals surface area contributed by atoms with Gasteiger partial charge >= 0.3 is 0 Å². The first kappa shape index (κ1) is 18.9. The van der Waals surface area contributed by atoms with Gasteiger partial charge in [-0.15, -0.1) is 0 Å². The van der Waals surface area contributed by atoms with Gasteiger partial charge in [-0.3, -0.25) is 4.79 Å². The summed E-state index contributed by atoms with van der Waals surface area (Å²) in [6.45, 7) is 3.17. The van der Waals surface area contributed by atoms with Gasteiger partial charge in [0.1, 0.15) is 0 Å². The summed E-state index contributed by atoms with van der Waals surface area (Å²) in [6.07, 6.45) is 1.71. The van der Waals surface area contributed by atoms with Crippen LogP contribution in [0.1, 0.15) is 30.1 Å². The van der Waals surface area contributed by atoms with Gasteiger partial charge in [0.2, 0.25) is 10.0 Å². The molecule has 1 heterocycles. The van der Waals surface area contributed by atoms with Crippen LogP contribution in [0.15, 0.2) is 53.4 Å². The van der Waals surface area contributed by atoms with Gasteiger partial charge in [0.05, 0.1) is 4.90 Å². The lowest BCUT2D eigenvalue weighted by Crippen LogP contribution is -2.37. The summed E-state index contributed by atoms with van der Waals surface area (Å²) in [5, 5.41) is 3.32. The van der Waals surface area contributed by atoms with Crippen molar-refractivity contribution >= 4 is 33.2 Å². The van der Waals surface area contributed by atoms with Crippen LogP contribution < -0.4 is 5.32 Å². The molecule has 3 rings (SSSR count). The Labute approximate surface area is 159 Å². The highest BCUT2D eigenvalue weighted by Gasteiger charge is 2.28. The monoisotopic (exact) mass is 392 g/mol. The van der Waals surface area contributed by atoms with E-state index in [0.29, 0.717) is 35.3 Å². The Hall–Kier alpha value is -1.89. The lowest BCUT2D eigenvalue weighted by atomic mass is 10.0. The molecule has 1 N–H and O–H groups in total. The minimum atomic E-state index is -3.58. The lowest BCUT2D eigenvalue weighted by molar-refractivity contribution is 0.102. The van der Waals surface area contributed by atoms with E-state index in [-0.39, 0.29) is 10.8 Å². The molecule has 26 heavy (non-hydrogen) atoms. The molecular formula is C19H21ClN2O3S. The summed E-state index contributed by atoms with van der Waals surface area (Å²) in [5.41, 5.74) is 0.893. The number of piperidine rings is 1. The van der Waals surface area contributed by atoms with Crippen LogP contribution in [-0.4, -0.2) is 31.7 Å². The number of halogens is 1. The van der Waals surface area contributed by atoms with E-state index in [1.54, 1.807) is 36.4 Å². The maximum absolute atomic E-state index is 12.8. The minimum Gasteiger partial charge on any atom is -0.322 e. The van der Waals surface area contributed by atoms with Crippen molar-refractivity contribution in [3.8, 4) is 0 Å². The van der Waals surface area contributed by atoms with Gasteiger partial charge in [-0.05, 0) is 61.2 Å². The summed E-state index contributed by atoms with van der Waals surface area (Å²) in [6, 6.07) is 12.9. The molecule has 0 atom stereocenters. The maximum atomic E-state index is 12.8. The molecule has 1 amide bonds. The minimum absolute atomic E-state index is 0.149. The summed E-state index contributed by atoms with van der Waals surface area (Å²) in [7, 11) is -3.58. The van der Waals surface area contributed by atoms with Crippen LogP contribution in [0.5, 0.6) is 0 Å². The van der Waals surface area contributed by atoms with E-state index in [1.165, 1.54) is 16.4 Å². The van der Waals surface area contributed by atoms with Crippen LogP contribution >= 0.6 is 11.6 Å². The Morgan fingerprint density at radius 1 is 1.12 bits per heavy atom. The van der Waals surface area contributed by atoms with Crippen molar-refractivity contribution in [2.24, 2.45) is 5.92 Å². The largest absolute Gasteiger partial charge is 0.322 e. The Balaban J connectivity index is 1.79. The number of hydrogen-bond acceptors (Lipinski definition) is 3. The molecule has 2 aromatic rings. The molecule has 0 radical (unpaired) electrons. The molecule has 5 nitrogen and oxygen atoms in total. The van der Waals surface area contributed by atoms with Gasteiger partial charge in [-0.1, -0.05) is 24.6 Å². The summed E-state index contributed by atoms with van der Waals surface area (Å²) >= 11 is 5.83. The van der Waals surface area contributed by atoms with E-state index in [1.807, 2.05) is 0 Å². The second kappa shape index (κ2) is 7.78. The first-order valence-electron chi connectivity index (χ1n) is 8.53. The molecule has 0 saturated carbocycles. The predicted molar refractivity (Wildman–Crippen MR) is 103 cm³/mol. The standard InChI is InChI=1S/C19H21ClN2O3S/c1-14-9-11-22(12-10-14)26(24,25)18-4-2-3-15(13-18)19(23)21-17-7-5-16(20)6-8-17/h2-8,13-14H,9-12H2,1H3,(H,21,23). The van der Waals surface area contributed by atoms with E-state index >= 15 is 0 Å². The summed E-state index contributed by atoms with van der Waals surface area (Å²) in [4.78, 5) is 12.6. The van der Waals surface area contributed by atoms with Crippen LogP contribution in [0.3, 0.4) is 0 Å². The second-order valence-electron chi connectivity index (χ2n) is 6.58. The maximum Gasteiger partial charge on any atom is 0.255 e. The smallest absolute Gasteiger partial charge is 0.255 e. The van der Waals surface area contributed by atoms with Crippen molar-refractivity contribution in [3.05, 3.63) is 59.1 Å². The van der Waals surface area contributed by atoms with Crippen LogP contribution in [0.25, 0.3) is 0 Å². The number of carbonyl (C=O) groups is 1. The van der Waals surface area contributed by atoms with Crippen molar-refractivity contribution in [2.45, 2.75) is 24.7 Å². The third-order valence-electron chi connectivity index (χ3n) is 4.58. The number of rotatable bonds is 4. The van der Waals surface area contributed by atoms with Gasteiger partial charge < -0.3 is 5.32 Å². The van der Waals surface area contributed by atoms with Crippen molar-refractivity contribution in [1.29, 1.82) is 0 Å². The van der Waals surface area contributed by atoms with E-state index in [0.717, 1.165) is 12.8 Å². The zero-order valence-corrected chi connectivity index (χ0v) is 16.1. The highest BCUT2D eigenvalue weighted by molar-refractivity contribution is 7.89. The van der Waals surface area contributed by atoms with Gasteiger partial charge in [-0.2, -0.15) is 4.31 Å². The van der Waals surface area contributed by atoms with Gasteiger partial charge in [-0.25, -0.2) is 8.42 Å².